The number of carbonyl (C=O) groups excluding carboxylic acids is 2. The van der Waals surface area contributed by atoms with E-state index in [1.165, 1.54) is 18.4 Å². The molecule has 0 fully saturated rings. The maximum atomic E-state index is 13.2. The summed E-state index contributed by atoms with van der Waals surface area (Å²) < 4.78 is 0. The standard InChI is InChI=1S/C25H20N2O2/c1-2-3-6-15-9-11-16(12-10-15)25-26-20-14-13-19-21(22(20)27-25)24(29)18-8-5-4-7-17(18)23(19)28/h4-5,7-14H,2-3,6H2,1H3,(H,26,27). The summed E-state index contributed by atoms with van der Waals surface area (Å²) in [5.74, 6) is 0.453. The van der Waals surface area contributed by atoms with Crippen molar-refractivity contribution < 1.29 is 9.59 Å². The maximum Gasteiger partial charge on any atom is 0.196 e. The average molecular weight is 380 g/mol. The molecule has 29 heavy (non-hydrogen) atoms. The smallest absolute Gasteiger partial charge is 0.196 e. The van der Waals surface area contributed by atoms with Gasteiger partial charge in [0.1, 0.15) is 5.82 Å². The molecule has 0 saturated heterocycles. The summed E-state index contributed by atoms with van der Waals surface area (Å²) in [6, 6.07) is 18.9. The van der Waals surface area contributed by atoms with E-state index in [9.17, 15) is 9.59 Å². The van der Waals surface area contributed by atoms with Crippen LogP contribution in [0.25, 0.3) is 22.4 Å². The number of imidazole rings is 1. The molecule has 3 aromatic carbocycles. The van der Waals surface area contributed by atoms with Gasteiger partial charge in [0.15, 0.2) is 11.6 Å². The molecule has 1 heterocycles. The van der Waals surface area contributed by atoms with E-state index in [1.54, 1.807) is 30.3 Å². The van der Waals surface area contributed by atoms with E-state index in [-0.39, 0.29) is 11.6 Å². The van der Waals surface area contributed by atoms with Gasteiger partial charge in [0.25, 0.3) is 0 Å². The highest BCUT2D eigenvalue weighted by Gasteiger charge is 2.31. The van der Waals surface area contributed by atoms with Crippen molar-refractivity contribution in [1.29, 1.82) is 0 Å². The summed E-state index contributed by atoms with van der Waals surface area (Å²) in [6.45, 7) is 2.19. The third kappa shape index (κ3) is 2.80. The first kappa shape index (κ1) is 17.6. The van der Waals surface area contributed by atoms with Gasteiger partial charge in [-0.15, -0.1) is 0 Å². The molecule has 1 N–H and O–H groups in total. The average Bonchev–Trinajstić information content (AvgIpc) is 3.20. The number of unbranched alkanes of at least 4 members (excludes halogenated alkanes) is 1. The predicted octanol–water partition coefficient (Wildman–Crippen LogP) is 5.35. The first-order valence-electron chi connectivity index (χ1n) is 9.98. The fourth-order valence-corrected chi connectivity index (χ4v) is 4.01. The van der Waals surface area contributed by atoms with Crippen LogP contribution in [-0.4, -0.2) is 21.5 Å². The van der Waals surface area contributed by atoms with E-state index < -0.39 is 0 Å². The topological polar surface area (TPSA) is 62.8 Å². The van der Waals surface area contributed by atoms with Crippen LogP contribution in [0.5, 0.6) is 0 Å². The zero-order valence-corrected chi connectivity index (χ0v) is 16.2. The van der Waals surface area contributed by atoms with Gasteiger partial charge >= 0.3 is 0 Å². The van der Waals surface area contributed by atoms with Crippen molar-refractivity contribution in [3.63, 3.8) is 0 Å². The Morgan fingerprint density at radius 3 is 2.28 bits per heavy atom. The number of H-pyrrole nitrogens is 1. The first-order chi connectivity index (χ1) is 14.2. The first-order valence-corrected chi connectivity index (χ1v) is 9.98. The molecule has 0 saturated carbocycles. The Morgan fingerprint density at radius 1 is 0.828 bits per heavy atom. The van der Waals surface area contributed by atoms with Gasteiger partial charge in [-0.3, -0.25) is 9.59 Å². The molecule has 0 amide bonds. The van der Waals surface area contributed by atoms with Crippen LogP contribution >= 0.6 is 0 Å². The molecule has 142 valence electrons. The molecular formula is C25H20N2O2. The second kappa shape index (κ2) is 6.82. The van der Waals surface area contributed by atoms with E-state index in [0.717, 1.165) is 12.0 Å². The van der Waals surface area contributed by atoms with Crippen molar-refractivity contribution in [2.45, 2.75) is 26.2 Å². The van der Waals surface area contributed by atoms with Crippen LogP contribution in [0.1, 0.15) is 57.2 Å². The van der Waals surface area contributed by atoms with Gasteiger partial charge in [0, 0.05) is 22.3 Å². The number of nitrogens with zero attached hydrogens (tertiary/aromatic N) is 1. The Kier molecular flexibility index (Phi) is 4.13. The number of aromatic amines is 1. The fourth-order valence-electron chi connectivity index (χ4n) is 4.01. The molecule has 4 aromatic rings. The molecule has 1 aliphatic carbocycles. The minimum Gasteiger partial charge on any atom is -0.337 e. The zero-order chi connectivity index (χ0) is 20.0. The summed E-state index contributed by atoms with van der Waals surface area (Å²) in [6.07, 6.45) is 3.42. The van der Waals surface area contributed by atoms with Crippen molar-refractivity contribution in [3.05, 3.63) is 88.5 Å². The minimum atomic E-state index is -0.133. The summed E-state index contributed by atoms with van der Waals surface area (Å²) in [5.41, 5.74) is 5.36. The van der Waals surface area contributed by atoms with Gasteiger partial charge in [-0.1, -0.05) is 61.9 Å². The maximum absolute atomic E-state index is 13.2. The highest BCUT2D eigenvalue weighted by molar-refractivity contribution is 6.31. The Bertz CT molecular complexity index is 1270. The van der Waals surface area contributed by atoms with Crippen LogP contribution < -0.4 is 0 Å². The number of ketones is 2. The van der Waals surface area contributed by atoms with Gasteiger partial charge in [0.05, 0.1) is 16.6 Å². The molecule has 0 atom stereocenters. The van der Waals surface area contributed by atoms with Crippen molar-refractivity contribution >= 4 is 22.6 Å². The van der Waals surface area contributed by atoms with Crippen molar-refractivity contribution in [3.8, 4) is 11.4 Å². The fraction of sp³-hybridized carbons (Fsp3) is 0.160. The van der Waals surface area contributed by atoms with Gasteiger partial charge < -0.3 is 4.98 Å². The number of carbonyl (C=O) groups is 2. The number of aromatic nitrogens is 2. The summed E-state index contributed by atoms with van der Waals surface area (Å²) >= 11 is 0. The van der Waals surface area contributed by atoms with E-state index in [1.807, 2.05) is 6.07 Å². The number of rotatable bonds is 4. The van der Waals surface area contributed by atoms with E-state index in [0.29, 0.717) is 39.1 Å². The summed E-state index contributed by atoms with van der Waals surface area (Å²) in [4.78, 5) is 34.0. The second-order valence-corrected chi connectivity index (χ2v) is 7.47. The number of nitrogens with one attached hydrogen (secondary N) is 1. The second-order valence-electron chi connectivity index (χ2n) is 7.47. The third-order valence-electron chi connectivity index (χ3n) is 5.59. The highest BCUT2D eigenvalue weighted by atomic mass is 16.1. The lowest BCUT2D eigenvalue weighted by Crippen LogP contribution is -2.21. The largest absolute Gasteiger partial charge is 0.337 e. The lowest BCUT2D eigenvalue weighted by molar-refractivity contribution is 0.0980. The quantitative estimate of drug-likeness (QED) is 0.457. The Hall–Kier alpha value is -3.53. The SMILES string of the molecule is CCCCc1ccc(-c2nc3ccc4c(c3[nH]2)C(=O)c2ccccc2C4=O)cc1. The molecule has 0 aliphatic heterocycles. The summed E-state index contributed by atoms with van der Waals surface area (Å²) in [7, 11) is 0. The van der Waals surface area contributed by atoms with Crippen LogP contribution in [0.4, 0.5) is 0 Å². The molecule has 1 aromatic heterocycles. The summed E-state index contributed by atoms with van der Waals surface area (Å²) in [5, 5.41) is 0. The molecule has 0 spiro atoms. The Morgan fingerprint density at radius 2 is 1.55 bits per heavy atom. The monoisotopic (exact) mass is 380 g/mol. The van der Waals surface area contributed by atoms with Crippen LogP contribution in [0.3, 0.4) is 0 Å². The molecule has 4 nitrogen and oxygen atoms in total. The molecule has 4 heteroatoms. The molecule has 5 rings (SSSR count). The lowest BCUT2D eigenvalue weighted by atomic mass is 9.83. The number of hydrogen-bond acceptors (Lipinski definition) is 3. The van der Waals surface area contributed by atoms with Crippen LogP contribution in [0, 0.1) is 0 Å². The van der Waals surface area contributed by atoms with Gasteiger partial charge in [-0.25, -0.2) is 4.98 Å². The number of aryl methyl sites for hydroxylation is 1. The van der Waals surface area contributed by atoms with E-state index >= 15 is 0 Å². The van der Waals surface area contributed by atoms with E-state index in [2.05, 4.69) is 41.2 Å². The molecule has 0 unspecified atom stereocenters. The number of fused-ring (bicyclic) bond motifs is 4. The van der Waals surface area contributed by atoms with Gasteiger partial charge in [0.2, 0.25) is 0 Å². The number of benzene rings is 3. The normalized spacial score (nSPS) is 12.9. The highest BCUT2D eigenvalue weighted by Crippen LogP contribution is 2.33. The zero-order valence-electron chi connectivity index (χ0n) is 16.2. The molecule has 0 radical (unpaired) electrons. The lowest BCUT2D eigenvalue weighted by Gasteiger charge is -2.17. The van der Waals surface area contributed by atoms with Crippen LogP contribution in [0.15, 0.2) is 60.7 Å². The van der Waals surface area contributed by atoms with Crippen molar-refractivity contribution in [2.75, 3.05) is 0 Å². The van der Waals surface area contributed by atoms with Gasteiger partial charge in [-0.2, -0.15) is 0 Å². The third-order valence-corrected chi connectivity index (χ3v) is 5.59. The molecule has 0 bridgehead atoms. The Balaban J connectivity index is 1.60. The predicted molar refractivity (Wildman–Crippen MR) is 113 cm³/mol. The van der Waals surface area contributed by atoms with Gasteiger partial charge in [-0.05, 0) is 30.5 Å². The van der Waals surface area contributed by atoms with E-state index in [4.69, 9.17) is 0 Å². The molecule has 1 aliphatic rings. The van der Waals surface area contributed by atoms with Crippen molar-refractivity contribution in [1.82, 2.24) is 9.97 Å². The number of hydrogen-bond donors (Lipinski definition) is 1. The molecular weight excluding hydrogens is 360 g/mol. The van der Waals surface area contributed by atoms with Crippen LogP contribution in [0.2, 0.25) is 0 Å². The van der Waals surface area contributed by atoms with Crippen LogP contribution in [-0.2, 0) is 6.42 Å². The Labute approximate surface area is 168 Å². The minimum absolute atomic E-state index is 0.117. The van der Waals surface area contributed by atoms with Crippen molar-refractivity contribution in [2.24, 2.45) is 0 Å².